The third kappa shape index (κ3) is 26.9. The maximum atomic E-state index is 12.0. The molecule has 0 aromatic rings. The van der Waals surface area contributed by atoms with Crippen molar-refractivity contribution in [2.24, 2.45) is 5.92 Å². The lowest BCUT2D eigenvalue weighted by atomic mass is 10.0. The van der Waals surface area contributed by atoms with Gasteiger partial charge in [0.1, 0.15) is 0 Å². The van der Waals surface area contributed by atoms with Crippen molar-refractivity contribution in [3.63, 3.8) is 0 Å². The highest BCUT2D eigenvalue weighted by molar-refractivity contribution is 5.88. The number of nitrogens with zero attached hydrogens (tertiary/aromatic N) is 1. The van der Waals surface area contributed by atoms with E-state index in [1.54, 1.807) is 11.9 Å². The molecule has 8 heteroatoms. The van der Waals surface area contributed by atoms with Crippen molar-refractivity contribution in [1.29, 1.82) is 0 Å². The van der Waals surface area contributed by atoms with Crippen LogP contribution >= 0.6 is 0 Å². The molecule has 0 aromatic carbocycles. The fraction of sp³-hybridized carbons (Fsp3) is 0.889. The van der Waals surface area contributed by atoms with E-state index in [0.29, 0.717) is 45.2 Å². The number of carbonyl (C=O) groups is 3. The largest absolute Gasteiger partial charge is 0.468 e. The number of amides is 1. The monoisotopic (exact) mass is 508 g/mol. The van der Waals surface area contributed by atoms with Gasteiger partial charge in [0, 0.05) is 13.0 Å². The number of hydrogen-bond donors (Lipinski definition) is 1. The average Bonchev–Trinajstić information content (AvgIpc) is 3.28. The van der Waals surface area contributed by atoms with Crippen LogP contribution in [0.3, 0.4) is 0 Å². The second kappa shape index (κ2) is 32.5. The molecule has 0 bridgehead atoms. The molecule has 0 aliphatic carbocycles. The van der Waals surface area contributed by atoms with Gasteiger partial charge in [-0.05, 0) is 33.7 Å². The minimum Gasteiger partial charge on any atom is -0.468 e. The molecule has 1 rings (SSSR count). The van der Waals surface area contributed by atoms with Crippen LogP contribution in [0.15, 0.2) is 0 Å². The Balaban J connectivity index is -0.000000156. The smallest absolute Gasteiger partial charge is 0.293 e. The number of Topliss-reactive ketones (excluding diaryl/α,β-unsaturated/α-hetero) is 1. The SMILES string of the molecule is CC.CC.CC.CC(C)COC=O.CCC.CCN(C(=O)CNC)[C@@H](CC1(C)OCCO1)C(C)=O. The van der Waals surface area contributed by atoms with Gasteiger partial charge in [-0.2, -0.15) is 0 Å². The molecule has 1 amide bonds. The summed E-state index contributed by atoms with van der Waals surface area (Å²) in [7, 11) is 1.71. The standard InChI is InChI=1S/C13H24N2O4.C5H10O2.C3H8.3C2H6/c1-5-15(12(17)9-14-4)11(10(2)16)8-13(3)18-6-7-19-13;1-5(2)3-7-4-6;1-3-2;3*1-2/h11,14H,5-9H2,1-4H3;4-5H,3H2,1-2H3;3H2,1-2H3;3*1-2H3/t11-;;;;;/m0...../s1. The van der Waals surface area contributed by atoms with Gasteiger partial charge in [-0.1, -0.05) is 75.7 Å². The summed E-state index contributed by atoms with van der Waals surface area (Å²) in [5.74, 6) is -0.465. The van der Waals surface area contributed by atoms with E-state index in [0.717, 1.165) is 0 Å². The minimum atomic E-state index is -0.774. The highest BCUT2D eigenvalue weighted by Crippen LogP contribution is 2.26. The number of hydrogen-bond acceptors (Lipinski definition) is 7. The molecule has 214 valence electrons. The molecule has 0 aromatic heterocycles. The summed E-state index contributed by atoms with van der Waals surface area (Å²) in [4.78, 5) is 35.0. The van der Waals surface area contributed by atoms with Crippen LogP contribution in [0.4, 0.5) is 0 Å². The van der Waals surface area contributed by atoms with E-state index in [1.165, 1.54) is 13.3 Å². The van der Waals surface area contributed by atoms with E-state index in [9.17, 15) is 14.4 Å². The second-order valence-corrected chi connectivity index (χ2v) is 7.40. The summed E-state index contributed by atoms with van der Waals surface area (Å²) >= 11 is 0. The number of nitrogens with one attached hydrogen (secondary N) is 1. The molecule has 1 heterocycles. The molecule has 1 aliphatic rings. The highest BCUT2D eigenvalue weighted by atomic mass is 16.7. The highest BCUT2D eigenvalue weighted by Gasteiger charge is 2.38. The van der Waals surface area contributed by atoms with Gasteiger partial charge in [0.15, 0.2) is 11.6 Å². The fourth-order valence-corrected chi connectivity index (χ4v) is 2.55. The Hall–Kier alpha value is -1.51. The number of ketones is 1. The Morgan fingerprint density at radius 2 is 1.46 bits per heavy atom. The first kappa shape index (κ1) is 43.6. The van der Waals surface area contributed by atoms with Crippen LogP contribution in [-0.4, -0.2) is 74.8 Å². The second-order valence-electron chi connectivity index (χ2n) is 7.40. The van der Waals surface area contributed by atoms with Crippen LogP contribution in [0.5, 0.6) is 0 Å². The summed E-state index contributed by atoms with van der Waals surface area (Å²) in [6.45, 7) is 28.2. The quantitative estimate of drug-likeness (QED) is 0.391. The van der Waals surface area contributed by atoms with Gasteiger partial charge in [-0.3, -0.25) is 14.4 Å². The summed E-state index contributed by atoms with van der Waals surface area (Å²) in [5.41, 5.74) is 0. The van der Waals surface area contributed by atoms with Gasteiger partial charge in [-0.25, -0.2) is 0 Å². The van der Waals surface area contributed by atoms with Gasteiger partial charge in [0.05, 0.1) is 32.4 Å². The van der Waals surface area contributed by atoms with Gasteiger partial charge in [0.2, 0.25) is 5.91 Å². The van der Waals surface area contributed by atoms with Crippen LogP contribution in [0.2, 0.25) is 0 Å². The molecule has 1 saturated heterocycles. The number of carbonyl (C=O) groups excluding carboxylic acids is 3. The maximum absolute atomic E-state index is 12.0. The molecular weight excluding hydrogens is 448 g/mol. The van der Waals surface area contributed by atoms with Crippen molar-refractivity contribution in [2.45, 2.75) is 115 Å². The molecule has 8 nitrogen and oxygen atoms in total. The third-order valence-electron chi connectivity index (χ3n) is 3.79. The topological polar surface area (TPSA) is 94.2 Å². The van der Waals surface area contributed by atoms with Gasteiger partial charge < -0.3 is 24.4 Å². The predicted molar refractivity (Wildman–Crippen MR) is 148 cm³/mol. The van der Waals surface area contributed by atoms with Gasteiger partial charge in [0.25, 0.3) is 6.47 Å². The Morgan fingerprint density at radius 3 is 1.71 bits per heavy atom. The van der Waals surface area contributed by atoms with Crippen molar-refractivity contribution < 1.29 is 28.6 Å². The molecule has 1 atom stereocenters. The van der Waals surface area contributed by atoms with E-state index in [-0.39, 0.29) is 18.2 Å². The predicted octanol–water partition coefficient (Wildman–Crippen LogP) is 5.48. The minimum absolute atomic E-state index is 0.0494. The Morgan fingerprint density at radius 1 is 1.03 bits per heavy atom. The Kier molecular flexibility index (Phi) is 40.4. The molecule has 0 radical (unpaired) electrons. The zero-order valence-electron chi connectivity index (χ0n) is 25.6. The molecule has 35 heavy (non-hydrogen) atoms. The zero-order chi connectivity index (χ0) is 28.9. The lowest BCUT2D eigenvalue weighted by molar-refractivity contribution is -0.165. The molecule has 0 saturated carbocycles. The van der Waals surface area contributed by atoms with Crippen LogP contribution in [0.25, 0.3) is 0 Å². The molecular formula is C27H60N2O6. The van der Waals surface area contributed by atoms with Crippen LogP contribution in [-0.2, 0) is 28.6 Å². The summed E-state index contributed by atoms with van der Waals surface area (Å²) in [6, 6.07) is -0.506. The van der Waals surface area contributed by atoms with Crippen molar-refractivity contribution in [2.75, 3.05) is 40.0 Å². The number of ether oxygens (including phenoxy) is 3. The van der Waals surface area contributed by atoms with Gasteiger partial charge in [-0.15, -0.1) is 0 Å². The van der Waals surface area contributed by atoms with E-state index >= 15 is 0 Å². The number of rotatable bonds is 10. The lowest BCUT2D eigenvalue weighted by Gasteiger charge is -2.34. The molecule has 0 unspecified atom stereocenters. The average molecular weight is 509 g/mol. The van der Waals surface area contributed by atoms with Crippen molar-refractivity contribution in [3.8, 4) is 0 Å². The Labute approximate surface area is 217 Å². The fourth-order valence-electron chi connectivity index (χ4n) is 2.55. The summed E-state index contributed by atoms with van der Waals surface area (Å²) in [6.07, 6.45) is 1.62. The lowest BCUT2D eigenvalue weighted by Crippen LogP contribution is -2.50. The van der Waals surface area contributed by atoms with Crippen molar-refractivity contribution in [3.05, 3.63) is 0 Å². The summed E-state index contributed by atoms with van der Waals surface area (Å²) < 4.78 is 15.5. The molecule has 0 spiro atoms. The van der Waals surface area contributed by atoms with Crippen LogP contribution in [0, 0.1) is 5.92 Å². The normalized spacial score (nSPS) is 13.2. The van der Waals surface area contributed by atoms with Crippen molar-refractivity contribution in [1.82, 2.24) is 10.2 Å². The molecule has 1 N–H and O–H groups in total. The van der Waals surface area contributed by atoms with Crippen molar-refractivity contribution >= 4 is 18.2 Å². The molecule has 1 fully saturated rings. The number of likely N-dealkylation sites (N-methyl/N-ethyl adjacent to an activating group) is 2. The van der Waals surface area contributed by atoms with E-state index in [2.05, 4.69) is 23.9 Å². The van der Waals surface area contributed by atoms with E-state index in [1.807, 2.05) is 69.2 Å². The van der Waals surface area contributed by atoms with Crippen LogP contribution < -0.4 is 5.32 Å². The zero-order valence-corrected chi connectivity index (χ0v) is 25.6. The Bertz CT molecular complexity index is 453. The van der Waals surface area contributed by atoms with Gasteiger partial charge >= 0.3 is 0 Å². The van der Waals surface area contributed by atoms with E-state index < -0.39 is 11.8 Å². The molecule has 1 aliphatic heterocycles. The third-order valence-corrected chi connectivity index (χ3v) is 3.79. The first-order valence-electron chi connectivity index (χ1n) is 13.4. The summed E-state index contributed by atoms with van der Waals surface area (Å²) in [5, 5.41) is 2.81. The maximum Gasteiger partial charge on any atom is 0.293 e. The first-order chi connectivity index (χ1) is 16.6. The first-order valence-corrected chi connectivity index (χ1v) is 13.4. The van der Waals surface area contributed by atoms with E-state index in [4.69, 9.17) is 9.47 Å². The van der Waals surface area contributed by atoms with Crippen LogP contribution in [0.1, 0.15) is 103 Å².